The Bertz CT molecular complexity index is 739. The monoisotopic (exact) mass is 481 g/mol. The van der Waals surface area contributed by atoms with Crippen molar-refractivity contribution in [2.45, 2.75) is 19.5 Å². The molecule has 0 unspecified atom stereocenters. The number of nitrogens with one attached hydrogen (secondary N) is 1. The number of guanidine groups is 1. The number of methoxy groups -OCH3 is 1. The van der Waals surface area contributed by atoms with Gasteiger partial charge in [0.05, 0.1) is 18.8 Å². The Kier molecular flexibility index (Phi) is 8.66. The van der Waals surface area contributed by atoms with Gasteiger partial charge in [0.1, 0.15) is 0 Å². The van der Waals surface area contributed by atoms with Gasteiger partial charge in [-0.2, -0.15) is 0 Å². The Hall–Kier alpha value is -2.01. The number of anilines is 1. The second kappa shape index (κ2) is 10.2. The molecule has 3 N–H and O–H groups in total. The van der Waals surface area contributed by atoms with Gasteiger partial charge in [-0.3, -0.25) is 0 Å². The average molecular weight is 481 g/mol. The van der Waals surface area contributed by atoms with E-state index in [-0.39, 0.29) is 47.9 Å². The molecule has 0 amide bonds. The SMILES string of the molecule is COCc1cccc(CN=C(N)Nc2ccccc2OC(F)(F)F)c1.I. The Morgan fingerprint density at radius 1 is 1.12 bits per heavy atom. The predicted molar refractivity (Wildman–Crippen MR) is 105 cm³/mol. The quantitative estimate of drug-likeness (QED) is 0.368. The highest BCUT2D eigenvalue weighted by Gasteiger charge is 2.32. The molecule has 0 aliphatic carbocycles. The molecule has 2 rings (SSSR count). The zero-order chi connectivity index (χ0) is 18.3. The van der Waals surface area contributed by atoms with E-state index in [1.165, 1.54) is 18.2 Å². The normalized spacial score (nSPS) is 11.6. The lowest BCUT2D eigenvalue weighted by molar-refractivity contribution is -0.274. The molecule has 0 radical (unpaired) electrons. The molecule has 2 aromatic rings. The largest absolute Gasteiger partial charge is 0.573 e. The number of halogens is 4. The molecule has 26 heavy (non-hydrogen) atoms. The van der Waals surface area contributed by atoms with Crippen LogP contribution in [0, 0.1) is 0 Å². The Morgan fingerprint density at radius 2 is 1.81 bits per heavy atom. The fourth-order valence-electron chi connectivity index (χ4n) is 2.12. The van der Waals surface area contributed by atoms with Gasteiger partial charge in [-0.05, 0) is 23.3 Å². The third-order valence-electron chi connectivity index (χ3n) is 3.11. The number of aliphatic imine (C=N–C) groups is 1. The molecule has 0 spiro atoms. The maximum atomic E-state index is 12.4. The number of nitrogens with two attached hydrogens (primary N) is 1. The van der Waals surface area contributed by atoms with Gasteiger partial charge in [-0.25, -0.2) is 4.99 Å². The first-order valence-electron chi connectivity index (χ1n) is 7.36. The summed E-state index contributed by atoms with van der Waals surface area (Å²) in [5.74, 6) is -0.398. The summed E-state index contributed by atoms with van der Waals surface area (Å²) in [6, 6.07) is 13.2. The molecule has 0 saturated carbocycles. The topological polar surface area (TPSA) is 68.9 Å². The van der Waals surface area contributed by atoms with Crippen LogP contribution in [0.3, 0.4) is 0 Å². The fourth-order valence-corrected chi connectivity index (χ4v) is 2.12. The highest BCUT2D eigenvalue weighted by atomic mass is 127. The Labute approximate surface area is 166 Å². The van der Waals surface area contributed by atoms with E-state index in [9.17, 15) is 13.2 Å². The lowest BCUT2D eigenvalue weighted by atomic mass is 10.1. The molecule has 0 aromatic heterocycles. The van der Waals surface area contributed by atoms with Crippen molar-refractivity contribution < 1.29 is 22.6 Å². The molecular weight excluding hydrogens is 462 g/mol. The van der Waals surface area contributed by atoms with Gasteiger partial charge in [0.2, 0.25) is 0 Å². The van der Waals surface area contributed by atoms with E-state index < -0.39 is 6.36 Å². The van der Waals surface area contributed by atoms with E-state index in [1.54, 1.807) is 13.2 Å². The van der Waals surface area contributed by atoms with Crippen molar-refractivity contribution in [3.05, 3.63) is 59.7 Å². The lowest BCUT2D eigenvalue weighted by Gasteiger charge is -2.14. The maximum absolute atomic E-state index is 12.4. The van der Waals surface area contributed by atoms with Crippen LogP contribution >= 0.6 is 24.0 Å². The minimum Gasteiger partial charge on any atom is -0.404 e. The first-order chi connectivity index (χ1) is 11.9. The minimum atomic E-state index is -4.79. The van der Waals surface area contributed by atoms with Crippen molar-refractivity contribution in [1.82, 2.24) is 0 Å². The van der Waals surface area contributed by atoms with Gasteiger partial charge in [-0.15, -0.1) is 37.1 Å². The second-order valence-corrected chi connectivity index (χ2v) is 5.12. The van der Waals surface area contributed by atoms with Crippen molar-refractivity contribution in [1.29, 1.82) is 0 Å². The van der Waals surface area contributed by atoms with Crippen molar-refractivity contribution in [3.8, 4) is 5.75 Å². The van der Waals surface area contributed by atoms with E-state index in [2.05, 4.69) is 15.0 Å². The van der Waals surface area contributed by atoms with Gasteiger partial charge in [0.15, 0.2) is 11.7 Å². The van der Waals surface area contributed by atoms with E-state index in [0.29, 0.717) is 6.61 Å². The summed E-state index contributed by atoms with van der Waals surface area (Å²) >= 11 is 0. The van der Waals surface area contributed by atoms with Crippen LogP contribution in [0.2, 0.25) is 0 Å². The number of alkyl halides is 3. The molecule has 5 nitrogen and oxygen atoms in total. The fraction of sp³-hybridized carbons (Fsp3) is 0.235. The number of ether oxygens (including phenoxy) is 2. The Morgan fingerprint density at radius 3 is 2.50 bits per heavy atom. The smallest absolute Gasteiger partial charge is 0.404 e. The zero-order valence-corrected chi connectivity index (χ0v) is 16.2. The third-order valence-corrected chi connectivity index (χ3v) is 3.11. The molecule has 0 bridgehead atoms. The first-order valence-corrected chi connectivity index (χ1v) is 7.36. The molecule has 0 atom stereocenters. The molecule has 0 saturated heterocycles. The standard InChI is InChI=1S/C17H18F3N3O2.HI/c1-24-11-13-6-4-5-12(9-13)10-22-16(21)23-14-7-2-3-8-15(14)25-17(18,19)20;/h2-9H,10-11H2,1H3,(H3,21,22,23);1H. The number of hydrogen-bond acceptors (Lipinski definition) is 3. The van der Waals surface area contributed by atoms with E-state index >= 15 is 0 Å². The maximum Gasteiger partial charge on any atom is 0.573 e. The molecule has 9 heteroatoms. The van der Waals surface area contributed by atoms with E-state index in [0.717, 1.165) is 11.1 Å². The second-order valence-electron chi connectivity index (χ2n) is 5.12. The van der Waals surface area contributed by atoms with Crippen LogP contribution in [0.4, 0.5) is 18.9 Å². The van der Waals surface area contributed by atoms with Crippen molar-refractivity contribution >= 4 is 35.6 Å². The Balaban J connectivity index is 0.00000338. The summed E-state index contributed by atoms with van der Waals surface area (Å²) in [7, 11) is 1.60. The summed E-state index contributed by atoms with van der Waals surface area (Å²) in [4.78, 5) is 4.13. The van der Waals surface area contributed by atoms with Crippen molar-refractivity contribution in [2.24, 2.45) is 10.7 Å². The lowest BCUT2D eigenvalue weighted by Crippen LogP contribution is -2.24. The summed E-state index contributed by atoms with van der Waals surface area (Å²) in [6.45, 7) is 0.756. The van der Waals surface area contributed by atoms with Crippen LogP contribution in [-0.2, 0) is 17.9 Å². The molecule has 0 fully saturated rings. The molecular formula is C17H19F3IN3O2. The summed E-state index contributed by atoms with van der Waals surface area (Å²) < 4.78 is 46.2. The number of nitrogens with zero attached hydrogens (tertiary/aromatic N) is 1. The van der Waals surface area contributed by atoms with Gasteiger partial charge < -0.3 is 20.5 Å². The zero-order valence-electron chi connectivity index (χ0n) is 13.9. The van der Waals surface area contributed by atoms with Gasteiger partial charge in [-0.1, -0.05) is 36.4 Å². The van der Waals surface area contributed by atoms with E-state index in [4.69, 9.17) is 10.5 Å². The number of benzene rings is 2. The molecule has 2 aromatic carbocycles. The summed E-state index contributed by atoms with van der Waals surface area (Å²) in [5.41, 5.74) is 7.73. The first kappa shape index (κ1) is 22.0. The van der Waals surface area contributed by atoms with Crippen LogP contribution in [-0.4, -0.2) is 19.4 Å². The van der Waals surface area contributed by atoms with Crippen LogP contribution < -0.4 is 15.8 Å². The highest BCUT2D eigenvalue weighted by Crippen LogP contribution is 2.29. The summed E-state index contributed by atoms with van der Waals surface area (Å²) in [5, 5.41) is 2.62. The molecule has 0 aliphatic rings. The molecule has 0 heterocycles. The average Bonchev–Trinajstić information content (AvgIpc) is 2.54. The van der Waals surface area contributed by atoms with E-state index in [1.807, 2.05) is 24.3 Å². The van der Waals surface area contributed by atoms with Gasteiger partial charge in [0, 0.05) is 7.11 Å². The highest BCUT2D eigenvalue weighted by molar-refractivity contribution is 14.0. The van der Waals surface area contributed by atoms with Crippen molar-refractivity contribution in [3.63, 3.8) is 0 Å². The van der Waals surface area contributed by atoms with Crippen LogP contribution in [0.15, 0.2) is 53.5 Å². The van der Waals surface area contributed by atoms with Gasteiger partial charge >= 0.3 is 6.36 Å². The number of hydrogen-bond donors (Lipinski definition) is 2. The van der Waals surface area contributed by atoms with Crippen LogP contribution in [0.25, 0.3) is 0 Å². The number of rotatable bonds is 6. The van der Waals surface area contributed by atoms with Crippen molar-refractivity contribution in [2.75, 3.05) is 12.4 Å². The summed E-state index contributed by atoms with van der Waals surface area (Å²) in [6.07, 6.45) is -4.79. The molecule has 142 valence electrons. The number of para-hydroxylation sites is 2. The minimum absolute atomic E-state index is 0. The van der Waals surface area contributed by atoms with Gasteiger partial charge in [0.25, 0.3) is 0 Å². The molecule has 0 aliphatic heterocycles. The van der Waals surface area contributed by atoms with Crippen LogP contribution in [0.1, 0.15) is 11.1 Å². The predicted octanol–water partition coefficient (Wildman–Crippen LogP) is 4.28. The third kappa shape index (κ3) is 7.48. The van der Waals surface area contributed by atoms with Crippen LogP contribution in [0.5, 0.6) is 5.75 Å².